The van der Waals surface area contributed by atoms with Gasteiger partial charge in [0.2, 0.25) is 0 Å². The molecule has 0 aromatic rings. The molecule has 0 aliphatic carbocycles. The Morgan fingerprint density at radius 1 is 1.35 bits per heavy atom. The average molecular weight is 262 g/mol. The molecule has 1 saturated heterocycles. The maximum atomic E-state index is 11.4. The Balaban J connectivity index is 2.27. The molecule has 1 fully saturated rings. The minimum absolute atomic E-state index is 0.270. The normalized spacial score (nSPS) is 25.3. The lowest BCUT2D eigenvalue weighted by Gasteiger charge is -2.19. The van der Waals surface area contributed by atoms with Gasteiger partial charge in [0, 0.05) is 6.04 Å². The van der Waals surface area contributed by atoms with Crippen molar-refractivity contribution in [2.45, 2.75) is 52.0 Å². The first-order valence-electron chi connectivity index (χ1n) is 6.59. The summed E-state index contributed by atoms with van der Waals surface area (Å²) in [5.74, 6) is 7.28. The van der Waals surface area contributed by atoms with E-state index in [-0.39, 0.29) is 6.04 Å². The smallest absolute Gasteiger partial charge is 0.150 e. The van der Waals surface area contributed by atoms with Crippen LogP contribution in [0.25, 0.3) is 0 Å². The second-order valence-electron chi connectivity index (χ2n) is 5.69. The van der Waals surface area contributed by atoms with Gasteiger partial charge >= 0.3 is 0 Å². The zero-order valence-corrected chi connectivity index (χ0v) is 11.8. The maximum absolute atomic E-state index is 11.4. The van der Waals surface area contributed by atoms with Crippen LogP contribution in [0.4, 0.5) is 0 Å². The Labute approximate surface area is 105 Å². The fourth-order valence-electron chi connectivity index (χ4n) is 2.50. The van der Waals surface area contributed by atoms with Crippen molar-refractivity contribution in [3.8, 4) is 0 Å². The van der Waals surface area contributed by atoms with Crippen LogP contribution in [0.1, 0.15) is 46.0 Å². The first-order valence-corrected chi connectivity index (χ1v) is 8.41. The van der Waals surface area contributed by atoms with Crippen molar-refractivity contribution in [1.29, 1.82) is 0 Å². The molecule has 5 heteroatoms. The van der Waals surface area contributed by atoms with Crippen LogP contribution in [0, 0.1) is 11.8 Å². The maximum Gasteiger partial charge on any atom is 0.150 e. The third kappa shape index (κ3) is 5.84. The van der Waals surface area contributed by atoms with Crippen molar-refractivity contribution in [2.75, 3.05) is 11.5 Å². The molecule has 2 unspecified atom stereocenters. The van der Waals surface area contributed by atoms with Crippen molar-refractivity contribution in [1.82, 2.24) is 5.43 Å². The highest BCUT2D eigenvalue weighted by Gasteiger charge is 2.29. The number of hydrogen-bond acceptors (Lipinski definition) is 4. The van der Waals surface area contributed by atoms with E-state index in [0.29, 0.717) is 17.4 Å². The van der Waals surface area contributed by atoms with Crippen LogP contribution < -0.4 is 11.3 Å². The molecule has 1 heterocycles. The summed E-state index contributed by atoms with van der Waals surface area (Å²) in [6, 6.07) is 0.270. The second-order valence-corrected chi connectivity index (χ2v) is 7.92. The molecule has 0 aromatic heterocycles. The van der Waals surface area contributed by atoms with E-state index in [1.165, 1.54) is 6.42 Å². The summed E-state index contributed by atoms with van der Waals surface area (Å²) < 4.78 is 22.7. The Kier molecular flexibility index (Phi) is 5.89. The Hall–Kier alpha value is -0.130. The van der Waals surface area contributed by atoms with Crippen molar-refractivity contribution in [2.24, 2.45) is 17.7 Å². The van der Waals surface area contributed by atoms with Gasteiger partial charge in [-0.25, -0.2) is 8.42 Å². The molecule has 0 spiro atoms. The van der Waals surface area contributed by atoms with Gasteiger partial charge in [-0.2, -0.15) is 0 Å². The van der Waals surface area contributed by atoms with E-state index in [4.69, 9.17) is 5.84 Å². The van der Waals surface area contributed by atoms with Gasteiger partial charge in [-0.15, -0.1) is 0 Å². The largest absolute Gasteiger partial charge is 0.271 e. The summed E-state index contributed by atoms with van der Waals surface area (Å²) in [5, 5.41) is 0. The lowest BCUT2D eigenvalue weighted by molar-refractivity contribution is 0.372. The van der Waals surface area contributed by atoms with Crippen molar-refractivity contribution in [3.63, 3.8) is 0 Å². The Morgan fingerprint density at radius 3 is 2.53 bits per heavy atom. The van der Waals surface area contributed by atoms with Crippen molar-refractivity contribution < 1.29 is 8.42 Å². The van der Waals surface area contributed by atoms with Crippen LogP contribution in [0.15, 0.2) is 0 Å². The molecular weight excluding hydrogens is 236 g/mol. The molecular formula is C12H26N2O2S. The predicted octanol–water partition coefficient (Wildman–Crippen LogP) is 1.47. The molecule has 1 aliphatic rings. The van der Waals surface area contributed by atoms with Crippen LogP contribution in [0.2, 0.25) is 0 Å². The van der Waals surface area contributed by atoms with Crippen LogP contribution in [-0.2, 0) is 9.84 Å². The highest BCUT2D eigenvalue weighted by molar-refractivity contribution is 7.91. The first-order chi connectivity index (χ1) is 7.93. The van der Waals surface area contributed by atoms with E-state index in [2.05, 4.69) is 19.3 Å². The van der Waals surface area contributed by atoms with Crippen molar-refractivity contribution in [3.05, 3.63) is 0 Å². The number of hydrogen-bond donors (Lipinski definition) is 2. The molecule has 4 nitrogen and oxygen atoms in total. The van der Waals surface area contributed by atoms with Crippen molar-refractivity contribution >= 4 is 9.84 Å². The molecule has 0 amide bonds. The van der Waals surface area contributed by atoms with Crippen LogP contribution in [0.3, 0.4) is 0 Å². The van der Waals surface area contributed by atoms with Crippen LogP contribution in [0.5, 0.6) is 0 Å². The monoisotopic (exact) mass is 262 g/mol. The zero-order valence-electron chi connectivity index (χ0n) is 11.0. The molecule has 3 N–H and O–H groups in total. The topological polar surface area (TPSA) is 72.2 Å². The van der Waals surface area contributed by atoms with Crippen LogP contribution >= 0.6 is 0 Å². The van der Waals surface area contributed by atoms with Gasteiger partial charge in [-0.3, -0.25) is 11.3 Å². The molecule has 0 radical (unpaired) electrons. The third-order valence-corrected chi connectivity index (χ3v) is 5.35. The summed E-state index contributed by atoms with van der Waals surface area (Å²) in [6.45, 7) is 4.43. The molecule has 102 valence electrons. The summed E-state index contributed by atoms with van der Waals surface area (Å²) in [7, 11) is -2.75. The first kappa shape index (κ1) is 14.9. The Bertz CT molecular complexity index is 314. The molecule has 1 rings (SSSR count). The minimum Gasteiger partial charge on any atom is -0.271 e. The van der Waals surface area contributed by atoms with Gasteiger partial charge in [0.1, 0.15) is 0 Å². The molecule has 0 bridgehead atoms. The lowest BCUT2D eigenvalue weighted by Crippen LogP contribution is -2.36. The number of rotatable bonds is 7. The van der Waals surface area contributed by atoms with E-state index >= 15 is 0 Å². The van der Waals surface area contributed by atoms with E-state index in [0.717, 1.165) is 31.6 Å². The van der Waals surface area contributed by atoms with Gasteiger partial charge in [0.05, 0.1) is 11.5 Å². The standard InChI is InChI=1S/C12H26N2O2S/c1-10(2)4-3-5-12(14-13)8-11-6-7-17(15,16)9-11/h10-12,14H,3-9,13H2,1-2H3. The van der Waals surface area contributed by atoms with Gasteiger partial charge < -0.3 is 0 Å². The number of nitrogens with two attached hydrogens (primary N) is 1. The summed E-state index contributed by atoms with van der Waals surface area (Å²) in [6.07, 6.45) is 5.12. The Morgan fingerprint density at radius 2 is 2.06 bits per heavy atom. The van der Waals surface area contributed by atoms with Gasteiger partial charge in [0.15, 0.2) is 9.84 Å². The molecule has 2 atom stereocenters. The number of nitrogens with one attached hydrogen (secondary N) is 1. The fraction of sp³-hybridized carbons (Fsp3) is 1.00. The van der Waals surface area contributed by atoms with E-state index in [1.807, 2.05) is 0 Å². The number of sulfone groups is 1. The molecule has 1 aliphatic heterocycles. The third-order valence-electron chi connectivity index (χ3n) is 3.51. The second kappa shape index (κ2) is 6.71. The summed E-state index contributed by atoms with van der Waals surface area (Å²) in [5.41, 5.74) is 2.84. The molecule has 0 aromatic carbocycles. The van der Waals surface area contributed by atoms with E-state index in [9.17, 15) is 8.42 Å². The number of hydrazine groups is 1. The SMILES string of the molecule is CC(C)CCCC(CC1CCS(=O)(=O)C1)NN. The average Bonchev–Trinajstić information content (AvgIpc) is 2.56. The van der Waals surface area contributed by atoms with E-state index in [1.54, 1.807) is 0 Å². The zero-order chi connectivity index (χ0) is 12.9. The lowest BCUT2D eigenvalue weighted by atomic mass is 9.95. The van der Waals surface area contributed by atoms with Gasteiger partial charge in [-0.1, -0.05) is 26.7 Å². The highest BCUT2D eigenvalue weighted by atomic mass is 32.2. The predicted molar refractivity (Wildman–Crippen MR) is 71.2 cm³/mol. The molecule has 17 heavy (non-hydrogen) atoms. The van der Waals surface area contributed by atoms with E-state index < -0.39 is 9.84 Å². The van der Waals surface area contributed by atoms with Gasteiger partial charge in [0.25, 0.3) is 0 Å². The quantitative estimate of drug-likeness (QED) is 0.538. The van der Waals surface area contributed by atoms with Gasteiger partial charge in [-0.05, 0) is 31.1 Å². The fourth-order valence-corrected chi connectivity index (χ4v) is 4.38. The summed E-state index contributed by atoms with van der Waals surface area (Å²) in [4.78, 5) is 0. The molecule has 0 saturated carbocycles. The minimum atomic E-state index is -2.75. The van der Waals surface area contributed by atoms with Crippen LogP contribution in [-0.4, -0.2) is 26.0 Å². The highest BCUT2D eigenvalue weighted by Crippen LogP contribution is 2.24. The summed E-state index contributed by atoms with van der Waals surface area (Å²) >= 11 is 0.